The molecule has 1 saturated heterocycles. The summed E-state index contributed by atoms with van der Waals surface area (Å²) in [4.78, 5) is 4.30. The first-order valence-corrected chi connectivity index (χ1v) is 11.0. The summed E-state index contributed by atoms with van der Waals surface area (Å²) in [5.74, 6) is 0.0597. The van der Waals surface area contributed by atoms with E-state index in [1.807, 2.05) is 6.92 Å². The Labute approximate surface area is 160 Å². The van der Waals surface area contributed by atoms with Crippen LogP contribution in [0.3, 0.4) is 0 Å². The predicted molar refractivity (Wildman–Crippen MR) is 105 cm³/mol. The zero-order valence-corrected chi connectivity index (χ0v) is 16.5. The number of hydrogen-bond donors (Lipinski definition) is 3. The van der Waals surface area contributed by atoms with Gasteiger partial charge in [-0.05, 0) is 32.3 Å². The topological polar surface area (TPSA) is 91.8 Å². The predicted octanol–water partition coefficient (Wildman–Crippen LogP) is 1.37. The second-order valence-corrected chi connectivity index (χ2v) is 8.30. The summed E-state index contributed by atoms with van der Waals surface area (Å²) in [6.07, 6.45) is 2.94. The Morgan fingerprint density at radius 2 is 2.11 bits per heavy atom. The molecule has 2 rings (SSSR count). The highest BCUT2D eigenvalue weighted by Crippen LogP contribution is 2.11. The van der Waals surface area contributed by atoms with E-state index >= 15 is 0 Å². The smallest absolute Gasteiger partial charge is 0.213 e. The largest absolute Gasteiger partial charge is 0.377 e. The lowest BCUT2D eigenvalue weighted by Crippen LogP contribution is -2.42. The number of ether oxygens (including phenoxy) is 1. The van der Waals surface area contributed by atoms with E-state index in [0.717, 1.165) is 19.3 Å². The maximum atomic E-state index is 13.7. The molecule has 0 radical (unpaired) electrons. The van der Waals surface area contributed by atoms with Crippen LogP contribution >= 0.6 is 0 Å². The molecule has 1 unspecified atom stereocenters. The Kier molecular flexibility index (Phi) is 8.96. The lowest BCUT2D eigenvalue weighted by Gasteiger charge is -2.22. The lowest BCUT2D eigenvalue weighted by molar-refractivity contribution is 0.0200. The Morgan fingerprint density at radius 1 is 1.30 bits per heavy atom. The van der Waals surface area contributed by atoms with Crippen molar-refractivity contribution in [2.75, 3.05) is 32.0 Å². The molecule has 1 aliphatic heterocycles. The maximum Gasteiger partial charge on any atom is 0.213 e. The van der Waals surface area contributed by atoms with Gasteiger partial charge in [-0.1, -0.05) is 18.2 Å². The van der Waals surface area contributed by atoms with Crippen LogP contribution in [0.2, 0.25) is 0 Å². The minimum Gasteiger partial charge on any atom is -0.377 e. The van der Waals surface area contributed by atoms with E-state index in [9.17, 15) is 12.8 Å². The monoisotopic (exact) mass is 400 g/mol. The van der Waals surface area contributed by atoms with E-state index in [1.165, 1.54) is 6.07 Å². The summed E-state index contributed by atoms with van der Waals surface area (Å²) in [6.45, 7) is 3.90. The SMILES string of the molecule is CCNC(=NCc1ccccc1F)NCCS(=O)(=O)NCC1CCCCO1. The van der Waals surface area contributed by atoms with Crippen LogP contribution in [-0.2, 0) is 21.3 Å². The van der Waals surface area contributed by atoms with E-state index in [2.05, 4.69) is 20.3 Å². The number of rotatable bonds is 9. The third kappa shape index (κ3) is 8.23. The molecular formula is C18H29FN4O3S. The van der Waals surface area contributed by atoms with Gasteiger partial charge in [-0.25, -0.2) is 22.5 Å². The number of nitrogens with one attached hydrogen (secondary N) is 3. The standard InChI is InChI=1S/C18H29FN4O3S/c1-2-20-18(22-13-15-7-3-4-9-17(15)19)21-10-12-27(24,25)23-14-16-8-5-6-11-26-16/h3-4,7,9,16,23H,2,5-6,8,10-14H2,1H3,(H2,20,21,22). The number of benzene rings is 1. The van der Waals surface area contributed by atoms with E-state index in [4.69, 9.17) is 4.74 Å². The van der Waals surface area contributed by atoms with Gasteiger partial charge < -0.3 is 15.4 Å². The van der Waals surface area contributed by atoms with E-state index in [0.29, 0.717) is 31.2 Å². The molecule has 0 aliphatic carbocycles. The molecule has 1 fully saturated rings. The normalized spacial score (nSPS) is 18.3. The molecule has 27 heavy (non-hydrogen) atoms. The highest BCUT2D eigenvalue weighted by atomic mass is 32.2. The molecular weight excluding hydrogens is 371 g/mol. The molecule has 0 spiro atoms. The first-order valence-electron chi connectivity index (χ1n) is 9.34. The Bertz CT molecular complexity index is 706. The fraction of sp³-hybridized carbons (Fsp3) is 0.611. The molecule has 1 aromatic rings. The lowest BCUT2D eigenvalue weighted by atomic mass is 10.1. The molecule has 0 bridgehead atoms. The van der Waals surface area contributed by atoms with Gasteiger partial charge >= 0.3 is 0 Å². The molecule has 152 valence electrons. The number of guanidine groups is 1. The summed E-state index contributed by atoms with van der Waals surface area (Å²) in [5.41, 5.74) is 0.483. The van der Waals surface area contributed by atoms with Crippen LogP contribution < -0.4 is 15.4 Å². The van der Waals surface area contributed by atoms with Crippen LogP contribution in [0.5, 0.6) is 0 Å². The van der Waals surface area contributed by atoms with Crippen molar-refractivity contribution in [1.82, 2.24) is 15.4 Å². The van der Waals surface area contributed by atoms with Crippen molar-refractivity contribution in [3.63, 3.8) is 0 Å². The number of nitrogens with zero attached hydrogens (tertiary/aromatic N) is 1. The highest BCUT2D eigenvalue weighted by molar-refractivity contribution is 7.89. The molecule has 0 aromatic heterocycles. The van der Waals surface area contributed by atoms with Crippen molar-refractivity contribution in [2.24, 2.45) is 4.99 Å². The van der Waals surface area contributed by atoms with Crippen LogP contribution in [0.1, 0.15) is 31.7 Å². The first-order chi connectivity index (χ1) is 13.0. The van der Waals surface area contributed by atoms with E-state index in [1.54, 1.807) is 18.2 Å². The quantitative estimate of drug-likeness (QED) is 0.430. The van der Waals surface area contributed by atoms with Crippen molar-refractivity contribution >= 4 is 16.0 Å². The van der Waals surface area contributed by atoms with Crippen molar-refractivity contribution in [1.29, 1.82) is 0 Å². The molecule has 9 heteroatoms. The fourth-order valence-electron chi connectivity index (χ4n) is 2.70. The number of aliphatic imine (C=N–C) groups is 1. The number of hydrogen-bond acceptors (Lipinski definition) is 4. The first kappa shape index (κ1) is 21.6. The van der Waals surface area contributed by atoms with Gasteiger partial charge in [0, 0.05) is 31.8 Å². The van der Waals surface area contributed by atoms with Gasteiger partial charge in [0.05, 0.1) is 18.4 Å². The summed E-state index contributed by atoms with van der Waals surface area (Å²) < 4.78 is 46.0. The van der Waals surface area contributed by atoms with Gasteiger partial charge in [0.2, 0.25) is 10.0 Å². The van der Waals surface area contributed by atoms with Gasteiger partial charge in [-0.3, -0.25) is 0 Å². The van der Waals surface area contributed by atoms with Crippen molar-refractivity contribution in [3.05, 3.63) is 35.6 Å². The van der Waals surface area contributed by atoms with Crippen LogP contribution in [0.15, 0.2) is 29.3 Å². The van der Waals surface area contributed by atoms with E-state index in [-0.39, 0.29) is 30.8 Å². The Morgan fingerprint density at radius 3 is 2.81 bits per heavy atom. The minimum atomic E-state index is -3.40. The summed E-state index contributed by atoms with van der Waals surface area (Å²) >= 11 is 0. The maximum absolute atomic E-state index is 13.7. The zero-order valence-electron chi connectivity index (χ0n) is 15.7. The average molecular weight is 401 g/mol. The molecule has 0 saturated carbocycles. The molecule has 3 N–H and O–H groups in total. The molecule has 1 heterocycles. The van der Waals surface area contributed by atoms with E-state index < -0.39 is 10.0 Å². The average Bonchev–Trinajstić information content (AvgIpc) is 2.66. The molecule has 7 nitrogen and oxygen atoms in total. The van der Waals surface area contributed by atoms with Crippen molar-refractivity contribution in [3.8, 4) is 0 Å². The highest BCUT2D eigenvalue weighted by Gasteiger charge is 2.17. The third-order valence-electron chi connectivity index (χ3n) is 4.18. The van der Waals surface area contributed by atoms with Crippen LogP contribution in [-0.4, -0.2) is 52.5 Å². The van der Waals surface area contributed by atoms with Crippen molar-refractivity contribution < 1.29 is 17.5 Å². The second kappa shape index (κ2) is 11.2. The second-order valence-electron chi connectivity index (χ2n) is 6.37. The summed E-state index contributed by atoms with van der Waals surface area (Å²) in [6, 6.07) is 6.44. The third-order valence-corrected chi connectivity index (χ3v) is 5.53. The Balaban J connectivity index is 1.78. The van der Waals surface area contributed by atoms with Gasteiger partial charge in [0.25, 0.3) is 0 Å². The van der Waals surface area contributed by atoms with Crippen molar-refractivity contribution in [2.45, 2.75) is 38.8 Å². The molecule has 1 atom stereocenters. The Hall–Kier alpha value is -1.71. The zero-order chi connectivity index (χ0) is 19.5. The van der Waals surface area contributed by atoms with Gasteiger partial charge in [0.1, 0.15) is 5.82 Å². The van der Waals surface area contributed by atoms with Gasteiger partial charge in [0.15, 0.2) is 5.96 Å². The molecule has 1 aliphatic rings. The molecule has 0 amide bonds. The summed E-state index contributed by atoms with van der Waals surface area (Å²) in [7, 11) is -3.40. The number of halogens is 1. The van der Waals surface area contributed by atoms with Crippen LogP contribution in [0.4, 0.5) is 4.39 Å². The molecule has 1 aromatic carbocycles. The summed E-state index contributed by atoms with van der Waals surface area (Å²) in [5, 5.41) is 5.99. The van der Waals surface area contributed by atoms with Crippen LogP contribution in [0.25, 0.3) is 0 Å². The van der Waals surface area contributed by atoms with Crippen LogP contribution in [0, 0.1) is 5.82 Å². The number of sulfonamides is 1. The minimum absolute atomic E-state index is 0.0406. The van der Waals surface area contributed by atoms with Gasteiger partial charge in [-0.15, -0.1) is 0 Å². The fourth-order valence-corrected chi connectivity index (χ4v) is 3.65. The van der Waals surface area contributed by atoms with Gasteiger partial charge in [-0.2, -0.15) is 0 Å².